The molecule has 1 heterocycles. The molecule has 0 spiro atoms. The van der Waals surface area contributed by atoms with Gasteiger partial charge in [-0.15, -0.1) is 0 Å². The smallest absolute Gasteiger partial charge is 0.0917 e. The highest BCUT2D eigenvalue weighted by Gasteiger charge is 2.31. The van der Waals surface area contributed by atoms with Gasteiger partial charge in [0, 0.05) is 23.5 Å². The summed E-state index contributed by atoms with van der Waals surface area (Å²) < 4.78 is 0. The van der Waals surface area contributed by atoms with Crippen LogP contribution in [0.5, 0.6) is 0 Å². The van der Waals surface area contributed by atoms with Gasteiger partial charge in [-0.25, -0.2) is 0 Å². The zero-order valence-electron chi connectivity index (χ0n) is 9.05. The van der Waals surface area contributed by atoms with E-state index in [0.29, 0.717) is 6.54 Å². The quantitative estimate of drug-likeness (QED) is 0.710. The SMILES string of the molecule is CC1(C)CNCC(O)c2cccc(Cl)c21. The number of aliphatic hydroxyl groups excluding tert-OH is 1. The first-order valence-corrected chi connectivity index (χ1v) is 5.58. The summed E-state index contributed by atoms with van der Waals surface area (Å²) in [5.74, 6) is 0. The van der Waals surface area contributed by atoms with Gasteiger partial charge in [-0.2, -0.15) is 0 Å². The Morgan fingerprint density at radius 1 is 1.47 bits per heavy atom. The van der Waals surface area contributed by atoms with Gasteiger partial charge in [0.15, 0.2) is 0 Å². The fourth-order valence-electron chi connectivity index (χ4n) is 2.25. The van der Waals surface area contributed by atoms with E-state index in [4.69, 9.17) is 11.6 Å². The van der Waals surface area contributed by atoms with Crippen molar-refractivity contribution in [2.24, 2.45) is 0 Å². The molecule has 1 atom stereocenters. The largest absolute Gasteiger partial charge is 0.387 e. The number of hydrogen-bond donors (Lipinski definition) is 2. The normalized spacial score (nSPS) is 24.4. The van der Waals surface area contributed by atoms with Crippen LogP contribution in [0, 0.1) is 0 Å². The third kappa shape index (κ3) is 1.89. The minimum Gasteiger partial charge on any atom is -0.387 e. The molecule has 1 aliphatic heterocycles. The lowest BCUT2D eigenvalue weighted by Crippen LogP contribution is -2.31. The summed E-state index contributed by atoms with van der Waals surface area (Å²) in [4.78, 5) is 0. The summed E-state index contributed by atoms with van der Waals surface area (Å²) in [7, 11) is 0. The Balaban J connectivity index is 2.62. The van der Waals surface area contributed by atoms with Crippen LogP contribution in [0.2, 0.25) is 5.02 Å². The molecule has 2 N–H and O–H groups in total. The second kappa shape index (κ2) is 3.78. The van der Waals surface area contributed by atoms with Crippen LogP contribution in [0.1, 0.15) is 31.1 Å². The molecular formula is C12H16ClNO. The van der Waals surface area contributed by atoms with Gasteiger partial charge < -0.3 is 10.4 Å². The van der Waals surface area contributed by atoms with E-state index >= 15 is 0 Å². The molecule has 1 aromatic carbocycles. The van der Waals surface area contributed by atoms with Gasteiger partial charge in [0.25, 0.3) is 0 Å². The van der Waals surface area contributed by atoms with Crippen LogP contribution in [0.3, 0.4) is 0 Å². The van der Waals surface area contributed by atoms with E-state index in [9.17, 15) is 5.11 Å². The first-order chi connectivity index (χ1) is 7.02. The van der Waals surface area contributed by atoms with Crippen molar-refractivity contribution in [3.63, 3.8) is 0 Å². The van der Waals surface area contributed by atoms with Crippen molar-refractivity contribution >= 4 is 11.6 Å². The van der Waals surface area contributed by atoms with Crippen LogP contribution in [-0.4, -0.2) is 18.2 Å². The molecule has 1 aliphatic rings. The molecule has 1 aromatic rings. The highest BCUT2D eigenvalue weighted by molar-refractivity contribution is 6.31. The van der Waals surface area contributed by atoms with Crippen LogP contribution in [0.4, 0.5) is 0 Å². The third-order valence-electron chi connectivity index (χ3n) is 2.99. The monoisotopic (exact) mass is 225 g/mol. The lowest BCUT2D eigenvalue weighted by atomic mass is 9.81. The minimum absolute atomic E-state index is 0.0366. The van der Waals surface area contributed by atoms with Crippen LogP contribution in [-0.2, 0) is 5.41 Å². The summed E-state index contributed by atoms with van der Waals surface area (Å²) in [6.07, 6.45) is -0.458. The van der Waals surface area contributed by atoms with Gasteiger partial charge in [0.1, 0.15) is 0 Å². The molecule has 0 aliphatic carbocycles. The fourth-order valence-corrected chi connectivity index (χ4v) is 2.69. The maximum atomic E-state index is 9.98. The van der Waals surface area contributed by atoms with Crippen molar-refractivity contribution < 1.29 is 5.11 Å². The van der Waals surface area contributed by atoms with Crippen LogP contribution >= 0.6 is 11.6 Å². The predicted octanol–water partition coefficient (Wildman–Crippen LogP) is 2.25. The summed E-state index contributed by atoms with van der Waals surface area (Å²) in [6, 6.07) is 5.74. The van der Waals surface area contributed by atoms with E-state index in [-0.39, 0.29) is 5.41 Å². The number of fused-ring (bicyclic) bond motifs is 1. The second-order valence-corrected chi connectivity index (χ2v) is 5.14. The van der Waals surface area contributed by atoms with Crippen LogP contribution in [0.25, 0.3) is 0 Å². The number of β-amino-alcohol motifs (C(OH)–C–C–N with tert-alkyl or cyclic N) is 1. The van der Waals surface area contributed by atoms with E-state index in [1.807, 2.05) is 18.2 Å². The molecule has 0 saturated heterocycles. The molecule has 0 bridgehead atoms. The predicted molar refractivity (Wildman–Crippen MR) is 62.3 cm³/mol. The fraction of sp³-hybridized carbons (Fsp3) is 0.500. The second-order valence-electron chi connectivity index (χ2n) is 4.73. The molecule has 0 aromatic heterocycles. The average Bonchev–Trinajstić information content (AvgIpc) is 2.26. The highest BCUT2D eigenvalue weighted by atomic mass is 35.5. The molecule has 3 heteroatoms. The van der Waals surface area contributed by atoms with E-state index in [1.54, 1.807) is 0 Å². The molecule has 0 fully saturated rings. The number of nitrogens with one attached hydrogen (secondary N) is 1. The molecule has 2 rings (SSSR count). The van der Waals surface area contributed by atoms with Crippen molar-refractivity contribution in [1.29, 1.82) is 0 Å². The van der Waals surface area contributed by atoms with Gasteiger partial charge >= 0.3 is 0 Å². The first kappa shape index (κ1) is 10.9. The average molecular weight is 226 g/mol. The molecule has 0 saturated carbocycles. The Bertz CT molecular complexity index is 376. The van der Waals surface area contributed by atoms with Crippen LogP contribution < -0.4 is 5.32 Å². The van der Waals surface area contributed by atoms with Crippen molar-refractivity contribution in [1.82, 2.24) is 5.32 Å². The molecule has 1 unspecified atom stereocenters. The topological polar surface area (TPSA) is 32.3 Å². The maximum Gasteiger partial charge on any atom is 0.0917 e. The van der Waals surface area contributed by atoms with Gasteiger partial charge in [-0.3, -0.25) is 0 Å². The van der Waals surface area contributed by atoms with Crippen LogP contribution in [0.15, 0.2) is 18.2 Å². The van der Waals surface area contributed by atoms with E-state index in [2.05, 4.69) is 19.2 Å². The number of hydrogen-bond acceptors (Lipinski definition) is 2. The summed E-state index contributed by atoms with van der Waals surface area (Å²) in [5.41, 5.74) is 1.99. The standard InChI is InChI=1S/C12H16ClNO/c1-12(2)7-14-6-10(15)8-4-3-5-9(13)11(8)12/h3-5,10,14-15H,6-7H2,1-2H3. The van der Waals surface area contributed by atoms with Gasteiger partial charge in [0.05, 0.1) is 6.10 Å². The highest BCUT2D eigenvalue weighted by Crippen LogP contribution is 2.36. The minimum atomic E-state index is -0.458. The Hall–Kier alpha value is -0.570. The molecule has 2 nitrogen and oxygen atoms in total. The van der Waals surface area contributed by atoms with Crippen molar-refractivity contribution in [3.8, 4) is 0 Å². The number of rotatable bonds is 0. The van der Waals surface area contributed by atoms with Crippen molar-refractivity contribution in [2.45, 2.75) is 25.4 Å². The Labute approximate surface area is 95.3 Å². The first-order valence-electron chi connectivity index (χ1n) is 5.20. The van der Waals surface area contributed by atoms with E-state index in [0.717, 1.165) is 22.7 Å². The third-order valence-corrected chi connectivity index (χ3v) is 3.30. The summed E-state index contributed by atoms with van der Waals surface area (Å²) in [5, 5.41) is 14.0. The lowest BCUT2D eigenvalue weighted by Gasteiger charge is -2.26. The zero-order valence-corrected chi connectivity index (χ0v) is 9.80. The van der Waals surface area contributed by atoms with Gasteiger partial charge in [0.2, 0.25) is 0 Å². The van der Waals surface area contributed by atoms with Gasteiger partial charge in [-0.1, -0.05) is 37.6 Å². The Morgan fingerprint density at radius 3 is 2.93 bits per heavy atom. The Morgan fingerprint density at radius 2 is 2.20 bits per heavy atom. The van der Waals surface area contributed by atoms with Crippen molar-refractivity contribution in [3.05, 3.63) is 34.3 Å². The number of benzene rings is 1. The maximum absolute atomic E-state index is 9.98. The zero-order chi connectivity index (χ0) is 11.1. The van der Waals surface area contributed by atoms with E-state index < -0.39 is 6.10 Å². The Kier molecular flexibility index (Phi) is 2.75. The molecule has 0 amide bonds. The van der Waals surface area contributed by atoms with Crippen molar-refractivity contribution in [2.75, 3.05) is 13.1 Å². The summed E-state index contributed by atoms with van der Waals surface area (Å²) >= 11 is 6.23. The molecular weight excluding hydrogens is 210 g/mol. The van der Waals surface area contributed by atoms with Gasteiger partial charge in [-0.05, 0) is 17.2 Å². The molecule has 15 heavy (non-hydrogen) atoms. The summed E-state index contributed by atoms with van der Waals surface area (Å²) in [6.45, 7) is 5.71. The number of aliphatic hydroxyl groups is 1. The molecule has 82 valence electrons. The molecule has 0 radical (unpaired) electrons. The van der Waals surface area contributed by atoms with E-state index in [1.165, 1.54) is 0 Å². The number of halogens is 1. The lowest BCUT2D eigenvalue weighted by molar-refractivity contribution is 0.178.